The molecule has 3 rings (SSSR count). The van der Waals surface area contributed by atoms with Crippen LogP contribution in [0.1, 0.15) is 57.8 Å². The highest BCUT2D eigenvalue weighted by molar-refractivity contribution is 5.98. The Morgan fingerprint density at radius 1 is 1.10 bits per heavy atom. The van der Waals surface area contributed by atoms with Crippen LogP contribution in [0.5, 0.6) is 0 Å². The fraction of sp³-hybridized carbons (Fsp3) is 0.875. The Bertz CT molecular complexity index is 398. The van der Waals surface area contributed by atoms with Crippen LogP contribution in [-0.2, 0) is 14.3 Å². The lowest BCUT2D eigenvalue weighted by Gasteiger charge is -2.44. The van der Waals surface area contributed by atoms with Crippen LogP contribution in [-0.4, -0.2) is 48.1 Å². The molecule has 1 spiro atoms. The number of rotatable bonds is 4. The van der Waals surface area contributed by atoms with Crippen LogP contribution < -0.4 is 5.32 Å². The van der Waals surface area contributed by atoms with E-state index >= 15 is 0 Å². The van der Waals surface area contributed by atoms with Crippen molar-refractivity contribution in [3.05, 3.63) is 0 Å². The van der Waals surface area contributed by atoms with Crippen LogP contribution in [0, 0.1) is 0 Å². The summed E-state index contributed by atoms with van der Waals surface area (Å²) in [5, 5.41) is 2.97. The average molecular weight is 294 g/mol. The fourth-order valence-corrected chi connectivity index (χ4v) is 3.97. The molecule has 3 aliphatic rings. The summed E-state index contributed by atoms with van der Waals surface area (Å²) in [5.41, 5.74) is -0.610. The zero-order chi connectivity index (χ0) is 14.7. The number of nitrogens with one attached hydrogen (secondary N) is 1. The summed E-state index contributed by atoms with van der Waals surface area (Å²) in [6, 6.07) is 0. The van der Waals surface area contributed by atoms with Gasteiger partial charge in [-0.3, -0.25) is 9.59 Å². The van der Waals surface area contributed by atoms with E-state index in [1.165, 1.54) is 12.8 Å². The van der Waals surface area contributed by atoms with Crippen molar-refractivity contribution >= 4 is 11.8 Å². The van der Waals surface area contributed by atoms with Gasteiger partial charge in [-0.15, -0.1) is 0 Å². The Morgan fingerprint density at radius 3 is 2.52 bits per heavy atom. The highest BCUT2D eigenvalue weighted by Gasteiger charge is 2.46. The number of carbonyl (C=O) groups is 2. The van der Waals surface area contributed by atoms with Gasteiger partial charge in [0, 0.05) is 6.54 Å². The zero-order valence-electron chi connectivity index (χ0n) is 12.7. The Morgan fingerprint density at radius 2 is 1.81 bits per heavy atom. The standard InChI is InChI=1S/C16H26N2O3/c19-14-12-18(10-11-21-13-6-2-3-7-13)15(20)16(17-14)8-4-1-5-9-16/h13H,1-12H2,(H,17,19). The van der Waals surface area contributed by atoms with Gasteiger partial charge in [-0.1, -0.05) is 32.1 Å². The van der Waals surface area contributed by atoms with Crippen LogP contribution in [0.4, 0.5) is 0 Å². The molecule has 0 aromatic carbocycles. The first kappa shape index (κ1) is 14.8. The van der Waals surface area contributed by atoms with E-state index < -0.39 is 5.54 Å². The van der Waals surface area contributed by atoms with E-state index in [0.717, 1.165) is 44.9 Å². The molecule has 5 nitrogen and oxygen atoms in total. The van der Waals surface area contributed by atoms with Gasteiger partial charge in [0.05, 0.1) is 19.3 Å². The molecule has 1 aliphatic heterocycles. The van der Waals surface area contributed by atoms with Gasteiger partial charge >= 0.3 is 0 Å². The number of piperazine rings is 1. The minimum atomic E-state index is -0.610. The molecule has 0 aromatic rings. The van der Waals surface area contributed by atoms with E-state index in [1.807, 2.05) is 0 Å². The van der Waals surface area contributed by atoms with Crippen molar-refractivity contribution in [3.8, 4) is 0 Å². The molecule has 3 fully saturated rings. The van der Waals surface area contributed by atoms with Gasteiger partial charge in [0.25, 0.3) is 0 Å². The van der Waals surface area contributed by atoms with Crippen molar-refractivity contribution in [3.63, 3.8) is 0 Å². The first-order valence-electron chi connectivity index (χ1n) is 8.42. The van der Waals surface area contributed by atoms with Crippen molar-refractivity contribution in [1.29, 1.82) is 0 Å². The van der Waals surface area contributed by atoms with E-state index in [4.69, 9.17) is 4.74 Å². The van der Waals surface area contributed by atoms with Crippen LogP contribution in [0.2, 0.25) is 0 Å². The summed E-state index contributed by atoms with van der Waals surface area (Å²) in [5.74, 6) is 0.0918. The first-order chi connectivity index (χ1) is 10.2. The molecule has 2 aliphatic carbocycles. The highest BCUT2D eigenvalue weighted by atomic mass is 16.5. The van der Waals surface area contributed by atoms with Gasteiger partial charge in [0.2, 0.25) is 11.8 Å². The van der Waals surface area contributed by atoms with Gasteiger partial charge in [-0.25, -0.2) is 0 Å². The Balaban J connectivity index is 1.56. The molecular formula is C16H26N2O3. The number of ether oxygens (including phenoxy) is 1. The summed E-state index contributed by atoms with van der Waals surface area (Å²) >= 11 is 0. The second kappa shape index (κ2) is 6.34. The predicted octanol–water partition coefficient (Wildman–Crippen LogP) is 1.61. The highest BCUT2D eigenvalue weighted by Crippen LogP contribution is 2.31. The molecule has 0 aromatic heterocycles. The molecule has 0 atom stereocenters. The lowest BCUT2D eigenvalue weighted by atomic mass is 9.79. The largest absolute Gasteiger partial charge is 0.376 e. The van der Waals surface area contributed by atoms with Crippen LogP contribution >= 0.6 is 0 Å². The third kappa shape index (κ3) is 3.23. The van der Waals surface area contributed by atoms with Gasteiger partial charge < -0.3 is 15.0 Å². The summed E-state index contributed by atoms with van der Waals surface area (Å²) in [7, 11) is 0. The molecule has 2 saturated carbocycles. The second-order valence-corrected chi connectivity index (χ2v) is 6.69. The fourth-order valence-electron chi connectivity index (χ4n) is 3.97. The maximum atomic E-state index is 12.7. The number of hydrogen-bond acceptors (Lipinski definition) is 3. The van der Waals surface area contributed by atoms with E-state index in [2.05, 4.69) is 5.32 Å². The third-order valence-corrected chi connectivity index (χ3v) is 5.13. The summed E-state index contributed by atoms with van der Waals surface area (Å²) in [6.45, 7) is 1.29. The number of carbonyl (C=O) groups excluding carboxylic acids is 2. The van der Waals surface area contributed by atoms with Crippen LogP contribution in [0.25, 0.3) is 0 Å². The van der Waals surface area contributed by atoms with Gasteiger partial charge in [0.1, 0.15) is 5.54 Å². The van der Waals surface area contributed by atoms with Crippen molar-refractivity contribution in [1.82, 2.24) is 10.2 Å². The van der Waals surface area contributed by atoms with E-state index in [9.17, 15) is 9.59 Å². The number of nitrogens with zero attached hydrogens (tertiary/aromatic N) is 1. The minimum Gasteiger partial charge on any atom is -0.376 e. The molecule has 5 heteroatoms. The molecular weight excluding hydrogens is 268 g/mol. The SMILES string of the molecule is O=C1CN(CCOC2CCCC2)C(=O)C2(CCCCC2)N1. The van der Waals surface area contributed by atoms with Crippen molar-refractivity contribution in [2.45, 2.75) is 69.4 Å². The van der Waals surface area contributed by atoms with Crippen molar-refractivity contribution in [2.24, 2.45) is 0 Å². The Labute approximate surface area is 126 Å². The average Bonchev–Trinajstić information content (AvgIpc) is 2.98. The third-order valence-electron chi connectivity index (χ3n) is 5.13. The minimum absolute atomic E-state index is 0.0163. The Kier molecular flexibility index (Phi) is 4.48. The predicted molar refractivity (Wildman–Crippen MR) is 78.7 cm³/mol. The number of hydrogen-bond donors (Lipinski definition) is 1. The van der Waals surface area contributed by atoms with Crippen molar-refractivity contribution in [2.75, 3.05) is 19.7 Å². The maximum Gasteiger partial charge on any atom is 0.248 e. The first-order valence-corrected chi connectivity index (χ1v) is 8.42. The molecule has 118 valence electrons. The quantitative estimate of drug-likeness (QED) is 0.857. The lowest BCUT2D eigenvalue weighted by Crippen LogP contribution is -2.67. The van der Waals surface area contributed by atoms with E-state index in [0.29, 0.717) is 19.3 Å². The van der Waals surface area contributed by atoms with Gasteiger partial charge in [0.15, 0.2) is 0 Å². The van der Waals surface area contributed by atoms with Crippen LogP contribution in [0.15, 0.2) is 0 Å². The topological polar surface area (TPSA) is 58.6 Å². The molecule has 1 saturated heterocycles. The smallest absolute Gasteiger partial charge is 0.248 e. The van der Waals surface area contributed by atoms with E-state index in [-0.39, 0.29) is 18.4 Å². The lowest BCUT2D eigenvalue weighted by molar-refractivity contribution is -0.152. The summed E-state index contributed by atoms with van der Waals surface area (Å²) < 4.78 is 5.84. The molecule has 21 heavy (non-hydrogen) atoms. The Hall–Kier alpha value is -1.10. The second-order valence-electron chi connectivity index (χ2n) is 6.69. The normalized spacial score (nSPS) is 26.4. The molecule has 0 radical (unpaired) electrons. The molecule has 2 amide bonds. The van der Waals surface area contributed by atoms with Crippen molar-refractivity contribution < 1.29 is 14.3 Å². The molecule has 1 heterocycles. The molecule has 0 bridgehead atoms. The summed E-state index contributed by atoms with van der Waals surface area (Å²) in [6.07, 6.45) is 9.93. The monoisotopic (exact) mass is 294 g/mol. The van der Waals surface area contributed by atoms with E-state index in [1.54, 1.807) is 4.90 Å². The zero-order valence-corrected chi connectivity index (χ0v) is 12.7. The number of amides is 2. The summed E-state index contributed by atoms with van der Waals surface area (Å²) in [4.78, 5) is 26.4. The molecule has 1 N–H and O–H groups in total. The maximum absolute atomic E-state index is 12.7. The van der Waals surface area contributed by atoms with Gasteiger partial charge in [-0.2, -0.15) is 0 Å². The molecule has 0 unspecified atom stereocenters. The van der Waals surface area contributed by atoms with Crippen LogP contribution in [0.3, 0.4) is 0 Å². The van der Waals surface area contributed by atoms with Gasteiger partial charge in [-0.05, 0) is 25.7 Å².